The monoisotopic (exact) mass is 250 g/mol. The molecule has 0 unspecified atom stereocenters. The summed E-state index contributed by atoms with van der Waals surface area (Å²) in [7, 11) is 0. The van der Waals surface area contributed by atoms with Gasteiger partial charge in [0, 0.05) is 24.5 Å². The molecule has 0 bridgehead atoms. The maximum absolute atomic E-state index is 13.4. The molecule has 1 amide bonds. The molecule has 0 atom stereocenters. The van der Waals surface area contributed by atoms with Gasteiger partial charge in [0.1, 0.15) is 5.82 Å². The van der Waals surface area contributed by atoms with Crippen molar-refractivity contribution in [1.82, 2.24) is 9.97 Å². The molecule has 1 heterocycles. The Labute approximate surface area is 99.8 Å². The van der Waals surface area contributed by atoms with Gasteiger partial charge in [-0.15, -0.1) is 0 Å². The molecule has 2 N–H and O–H groups in total. The molecule has 1 aromatic heterocycles. The van der Waals surface area contributed by atoms with E-state index in [0.29, 0.717) is 0 Å². The molecule has 0 aliphatic carbocycles. The lowest BCUT2D eigenvalue weighted by atomic mass is 10.2. The van der Waals surface area contributed by atoms with E-state index in [2.05, 4.69) is 15.3 Å². The van der Waals surface area contributed by atoms with Crippen molar-refractivity contribution >= 4 is 17.5 Å². The van der Waals surface area contributed by atoms with Crippen LogP contribution < -0.4 is 5.32 Å². The normalized spacial score (nSPS) is 10.1. The summed E-state index contributed by atoms with van der Waals surface area (Å²) in [5.74, 6) is -1.53. The van der Waals surface area contributed by atoms with Crippen LogP contribution in [-0.4, -0.2) is 20.8 Å². The van der Waals surface area contributed by atoms with Gasteiger partial charge in [0.2, 0.25) is 5.95 Å². The number of imidazole rings is 1. The number of nitrogens with zero attached hydrogens (tertiary/aromatic N) is 2. The molecule has 8 heteroatoms. The number of aromatic amines is 1. The summed E-state index contributed by atoms with van der Waals surface area (Å²) < 4.78 is 13.4. The lowest BCUT2D eigenvalue weighted by Crippen LogP contribution is -2.15. The van der Waals surface area contributed by atoms with E-state index in [0.717, 1.165) is 18.2 Å². The van der Waals surface area contributed by atoms with E-state index in [9.17, 15) is 19.3 Å². The van der Waals surface area contributed by atoms with E-state index < -0.39 is 22.2 Å². The van der Waals surface area contributed by atoms with E-state index in [1.54, 1.807) is 0 Å². The highest BCUT2D eigenvalue weighted by Crippen LogP contribution is 2.17. The molecule has 0 fully saturated rings. The summed E-state index contributed by atoms with van der Waals surface area (Å²) in [6.07, 6.45) is 2.87. The third-order valence-corrected chi connectivity index (χ3v) is 2.14. The Kier molecular flexibility index (Phi) is 3.00. The SMILES string of the molecule is O=C(Nc1ncc[nH]1)c1cc([N+](=O)[O-])ccc1F. The Morgan fingerprint density at radius 3 is 2.89 bits per heavy atom. The average molecular weight is 250 g/mol. The van der Waals surface area contributed by atoms with Gasteiger partial charge in [-0.05, 0) is 6.07 Å². The zero-order valence-electron chi connectivity index (χ0n) is 8.88. The second kappa shape index (κ2) is 4.62. The van der Waals surface area contributed by atoms with Crippen molar-refractivity contribution in [3.8, 4) is 0 Å². The maximum Gasteiger partial charge on any atom is 0.270 e. The molecular formula is C10H7FN4O3. The van der Waals surface area contributed by atoms with Crippen LogP contribution in [-0.2, 0) is 0 Å². The number of anilines is 1. The summed E-state index contributed by atoms with van der Waals surface area (Å²) in [4.78, 5) is 27.8. The molecule has 0 aliphatic rings. The van der Waals surface area contributed by atoms with Crippen LogP contribution in [0.4, 0.5) is 16.0 Å². The number of hydrogen-bond acceptors (Lipinski definition) is 4. The van der Waals surface area contributed by atoms with Crippen LogP contribution in [0, 0.1) is 15.9 Å². The highest BCUT2D eigenvalue weighted by molar-refractivity contribution is 6.03. The molecule has 7 nitrogen and oxygen atoms in total. The zero-order valence-corrected chi connectivity index (χ0v) is 8.88. The predicted octanol–water partition coefficient (Wildman–Crippen LogP) is 1.71. The van der Waals surface area contributed by atoms with Crippen molar-refractivity contribution in [3.05, 3.63) is 52.1 Å². The fourth-order valence-electron chi connectivity index (χ4n) is 1.31. The third kappa shape index (κ3) is 2.32. The number of hydrogen-bond donors (Lipinski definition) is 2. The fraction of sp³-hybridized carbons (Fsp3) is 0. The zero-order chi connectivity index (χ0) is 13.1. The first-order valence-corrected chi connectivity index (χ1v) is 4.82. The number of benzene rings is 1. The minimum Gasteiger partial charge on any atom is -0.331 e. The maximum atomic E-state index is 13.4. The van der Waals surface area contributed by atoms with Crippen molar-refractivity contribution in [2.75, 3.05) is 5.32 Å². The van der Waals surface area contributed by atoms with E-state index in [-0.39, 0.29) is 11.6 Å². The summed E-state index contributed by atoms with van der Waals surface area (Å²) in [6.45, 7) is 0. The van der Waals surface area contributed by atoms with Crippen LogP contribution in [0.3, 0.4) is 0 Å². The lowest BCUT2D eigenvalue weighted by Gasteiger charge is -2.03. The van der Waals surface area contributed by atoms with Gasteiger partial charge in [0.15, 0.2) is 0 Å². The van der Waals surface area contributed by atoms with Crippen molar-refractivity contribution in [1.29, 1.82) is 0 Å². The number of amides is 1. The van der Waals surface area contributed by atoms with Gasteiger partial charge in [-0.1, -0.05) is 0 Å². The number of H-pyrrole nitrogens is 1. The van der Waals surface area contributed by atoms with Crippen molar-refractivity contribution in [2.24, 2.45) is 0 Å². The Morgan fingerprint density at radius 2 is 2.28 bits per heavy atom. The Bertz CT molecular complexity index is 597. The van der Waals surface area contributed by atoms with Gasteiger partial charge in [0.05, 0.1) is 10.5 Å². The Hall–Kier alpha value is -2.77. The van der Waals surface area contributed by atoms with Crippen LogP contribution in [0.5, 0.6) is 0 Å². The van der Waals surface area contributed by atoms with E-state index in [1.165, 1.54) is 12.4 Å². The first-order valence-electron chi connectivity index (χ1n) is 4.82. The first-order chi connectivity index (χ1) is 8.58. The van der Waals surface area contributed by atoms with Gasteiger partial charge < -0.3 is 4.98 Å². The number of nitro benzene ring substituents is 1. The van der Waals surface area contributed by atoms with Crippen LogP contribution >= 0.6 is 0 Å². The van der Waals surface area contributed by atoms with Crippen molar-refractivity contribution in [2.45, 2.75) is 0 Å². The summed E-state index contributed by atoms with van der Waals surface area (Å²) >= 11 is 0. The second-order valence-electron chi connectivity index (χ2n) is 3.31. The third-order valence-electron chi connectivity index (χ3n) is 2.14. The minimum atomic E-state index is -0.843. The quantitative estimate of drug-likeness (QED) is 0.639. The second-order valence-corrected chi connectivity index (χ2v) is 3.31. The Morgan fingerprint density at radius 1 is 1.50 bits per heavy atom. The molecule has 0 spiro atoms. The standard InChI is InChI=1S/C10H7FN4O3/c11-8-2-1-6(15(17)18)5-7(8)9(16)14-10-12-3-4-13-10/h1-5H,(H2,12,13,14,16). The van der Waals surface area contributed by atoms with E-state index in [1.807, 2.05) is 0 Å². The lowest BCUT2D eigenvalue weighted by molar-refractivity contribution is -0.384. The summed E-state index contributed by atoms with van der Waals surface area (Å²) in [5, 5.41) is 12.8. The van der Waals surface area contributed by atoms with Crippen molar-refractivity contribution in [3.63, 3.8) is 0 Å². The highest BCUT2D eigenvalue weighted by atomic mass is 19.1. The number of non-ortho nitro benzene ring substituents is 1. The predicted molar refractivity (Wildman–Crippen MR) is 59.6 cm³/mol. The first kappa shape index (κ1) is 11.7. The van der Waals surface area contributed by atoms with Crippen LogP contribution in [0.1, 0.15) is 10.4 Å². The van der Waals surface area contributed by atoms with E-state index >= 15 is 0 Å². The largest absolute Gasteiger partial charge is 0.331 e. The van der Waals surface area contributed by atoms with E-state index in [4.69, 9.17) is 0 Å². The van der Waals surface area contributed by atoms with Crippen LogP contribution in [0.2, 0.25) is 0 Å². The molecule has 2 aromatic rings. The molecule has 0 radical (unpaired) electrons. The minimum absolute atomic E-state index is 0.130. The molecule has 1 aromatic carbocycles. The fourth-order valence-corrected chi connectivity index (χ4v) is 1.31. The molecule has 18 heavy (non-hydrogen) atoms. The highest BCUT2D eigenvalue weighted by Gasteiger charge is 2.17. The molecule has 0 saturated carbocycles. The number of carbonyl (C=O) groups is 1. The van der Waals surface area contributed by atoms with Gasteiger partial charge in [0.25, 0.3) is 11.6 Å². The molecule has 2 rings (SSSR count). The smallest absolute Gasteiger partial charge is 0.270 e. The van der Waals surface area contributed by atoms with Gasteiger partial charge in [-0.25, -0.2) is 9.37 Å². The molecular weight excluding hydrogens is 243 g/mol. The summed E-state index contributed by atoms with van der Waals surface area (Å²) in [5.41, 5.74) is -0.776. The summed E-state index contributed by atoms with van der Waals surface area (Å²) in [6, 6.07) is 2.72. The van der Waals surface area contributed by atoms with Crippen LogP contribution in [0.15, 0.2) is 30.6 Å². The van der Waals surface area contributed by atoms with Gasteiger partial charge in [-0.3, -0.25) is 20.2 Å². The number of nitrogens with one attached hydrogen (secondary N) is 2. The molecule has 92 valence electrons. The Balaban J connectivity index is 2.29. The number of carbonyl (C=O) groups excluding carboxylic acids is 1. The molecule has 0 aliphatic heterocycles. The van der Waals surface area contributed by atoms with Gasteiger partial charge in [-0.2, -0.15) is 0 Å². The van der Waals surface area contributed by atoms with Crippen LogP contribution in [0.25, 0.3) is 0 Å². The topological polar surface area (TPSA) is 101 Å². The number of aromatic nitrogens is 2. The van der Waals surface area contributed by atoms with Gasteiger partial charge >= 0.3 is 0 Å². The number of rotatable bonds is 3. The average Bonchev–Trinajstić information content (AvgIpc) is 2.81. The molecule has 0 saturated heterocycles. The van der Waals surface area contributed by atoms with Crippen molar-refractivity contribution < 1.29 is 14.1 Å². The number of halogens is 1. The number of nitro groups is 1.